The zero-order valence-corrected chi connectivity index (χ0v) is 16.2. The third kappa shape index (κ3) is 6.45. The molecule has 0 bridgehead atoms. The highest BCUT2D eigenvalue weighted by molar-refractivity contribution is 6.30. The highest BCUT2D eigenvalue weighted by Gasteiger charge is 2.23. The molecule has 1 unspecified atom stereocenters. The fourth-order valence-corrected chi connectivity index (χ4v) is 2.32. The minimum atomic E-state index is -0.627. The topological polar surface area (TPSA) is 47.6 Å². The van der Waals surface area contributed by atoms with Crippen LogP contribution in [0.25, 0.3) is 6.08 Å². The Kier molecular flexibility index (Phi) is 6.70. The van der Waals surface area contributed by atoms with Crippen LogP contribution >= 0.6 is 11.6 Å². The molecule has 0 saturated heterocycles. The van der Waals surface area contributed by atoms with Crippen LogP contribution in [0.15, 0.2) is 54.6 Å². The number of hydrogen-bond donors (Lipinski definition) is 1. The predicted octanol–water partition coefficient (Wildman–Crippen LogP) is 5.18. The number of halogens is 1. The van der Waals surface area contributed by atoms with Crippen LogP contribution in [0.3, 0.4) is 0 Å². The van der Waals surface area contributed by atoms with Gasteiger partial charge in [-0.15, -0.1) is 0 Å². The maximum Gasteiger partial charge on any atom is 0.333 e. The Morgan fingerprint density at radius 2 is 1.69 bits per heavy atom. The summed E-state index contributed by atoms with van der Waals surface area (Å²) in [4.78, 5) is 12.6. The molecule has 1 N–H and O–H groups in total. The van der Waals surface area contributed by atoms with Gasteiger partial charge < -0.3 is 14.8 Å². The van der Waals surface area contributed by atoms with Gasteiger partial charge in [-0.05, 0) is 62.7 Å². The van der Waals surface area contributed by atoms with E-state index in [1.165, 1.54) is 0 Å². The van der Waals surface area contributed by atoms with Gasteiger partial charge in [0, 0.05) is 10.7 Å². The maximum atomic E-state index is 12.6. The first kappa shape index (κ1) is 19.9. The first-order valence-electron chi connectivity index (χ1n) is 8.34. The lowest BCUT2D eigenvalue weighted by Gasteiger charge is -2.23. The van der Waals surface area contributed by atoms with Crippen LogP contribution in [0, 0.1) is 0 Å². The van der Waals surface area contributed by atoms with Crippen LogP contribution in [0.4, 0.5) is 5.69 Å². The lowest BCUT2D eigenvalue weighted by molar-refractivity contribution is -0.154. The molecule has 0 radical (unpaired) electrons. The number of esters is 1. The van der Waals surface area contributed by atoms with Gasteiger partial charge in [0.25, 0.3) is 0 Å². The summed E-state index contributed by atoms with van der Waals surface area (Å²) in [5.41, 5.74) is 1.17. The smallest absolute Gasteiger partial charge is 0.333 e. The quantitative estimate of drug-likeness (QED) is 0.708. The molecule has 0 amide bonds. The van der Waals surface area contributed by atoms with Crippen molar-refractivity contribution < 1.29 is 14.3 Å². The first-order valence-corrected chi connectivity index (χ1v) is 8.72. The van der Waals surface area contributed by atoms with Crippen molar-refractivity contribution >= 4 is 29.3 Å². The van der Waals surface area contributed by atoms with Crippen molar-refractivity contribution in [2.24, 2.45) is 0 Å². The van der Waals surface area contributed by atoms with E-state index in [2.05, 4.69) is 5.32 Å². The van der Waals surface area contributed by atoms with Crippen molar-refractivity contribution in [1.82, 2.24) is 0 Å². The molecule has 0 aromatic heterocycles. The molecule has 2 rings (SSSR count). The lowest BCUT2D eigenvalue weighted by Crippen LogP contribution is -2.35. The monoisotopic (exact) mass is 373 g/mol. The van der Waals surface area contributed by atoms with Crippen molar-refractivity contribution in [3.8, 4) is 5.75 Å². The van der Waals surface area contributed by atoms with Crippen LogP contribution in [-0.4, -0.2) is 24.7 Å². The normalized spacial score (nSPS) is 12.7. The van der Waals surface area contributed by atoms with Crippen molar-refractivity contribution in [2.45, 2.75) is 32.4 Å². The van der Waals surface area contributed by atoms with E-state index in [1.54, 1.807) is 25.3 Å². The molecular formula is C21H24ClNO3. The summed E-state index contributed by atoms with van der Waals surface area (Å²) in [6.45, 7) is 5.54. The van der Waals surface area contributed by atoms with Crippen molar-refractivity contribution in [1.29, 1.82) is 0 Å². The Labute approximate surface area is 159 Å². The van der Waals surface area contributed by atoms with Gasteiger partial charge >= 0.3 is 5.97 Å². The standard InChI is InChI=1S/C21H24ClNO3/c1-21(2,3)26-20(24)19(14-7-15-5-8-16(22)9-6-15)23-17-10-12-18(25-4)13-11-17/h5-14,19,23H,1-4H3/b14-7+. The summed E-state index contributed by atoms with van der Waals surface area (Å²) in [6.07, 6.45) is 3.64. The van der Waals surface area contributed by atoms with E-state index >= 15 is 0 Å². The molecule has 0 aliphatic heterocycles. The number of carbonyl (C=O) groups is 1. The molecule has 0 aliphatic carbocycles. The van der Waals surface area contributed by atoms with E-state index in [9.17, 15) is 4.79 Å². The summed E-state index contributed by atoms with van der Waals surface area (Å²) in [7, 11) is 1.61. The second-order valence-electron chi connectivity index (χ2n) is 6.79. The SMILES string of the molecule is COc1ccc(NC(/C=C/c2ccc(Cl)cc2)C(=O)OC(C)(C)C)cc1. The summed E-state index contributed by atoms with van der Waals surface area (Å²) >= 11 is 5.91. The molecule has 4 nitrogen and oxygen atoms in total. The van der Waals surface area contributed by atoms with E-state index in [0.717, 1.165) is 17.0 Å². The van der Waals surface area contributed by atoms with Crippen LogP contribution in [0.2, 0.25) is 5.02 Å². The van der Waals surface area contributed by atoms with Crippen LogP contribution in [-0.2, 0) is 9.53 Å². The molecule has 2 aromatic rings. The number of rotatable bonds is 6. The number of carbonyl (C=O) groups excluding carboxylic acids is 1. The number of hydrogen-bond acceptors (Lipinski definition) is 4. The lowest BCUT2D eigenvalue weighted by atomic mass is 10.1. The number of methoxy groups -OCH3 is 1. The molecule has 2 aromatic carbocycles. The molecule has 0 spiro atoms. The molecule has 0 saturated carbocycles. The zero-order chi connectivity index (χ0) is 19.2. The zero-order valence-electron chi connectivity index (χ0n) is 15.5. The number of benzene rings is 2. The Morgan fingerprint density at radius 1 is 1.08 bits per heavy atom. The third-order valence-corrected chi connectivity index (χ3v) is 3.68. The average molecular weight is 374 g/mol. The molecule has 1 atom stereocenters. The maximum absolute atomic E-state index is 12.6. The molecule has 26 heavy (non-hydrogen) atoms. The van der Waals surface area contributed by atoms with Gasteiger partial charge in [0.05, 0.1) is 7.11 Å². The summed E-state index contributed by atoms with van der Waals surface area (Å²) < 4.78 is 10.7. The van der Waals surface area contributed by atoms with Crippen LogP contribution in [0.5, 0.6) is 5.75 Å². The molecule has 0 fully saturated rings. The number of anilines is 1. The largest absolute Gasteiger partial charge is 0.497 e. The Balaban J connectivity index is 2.19. The van der Waals surface area contributed by atoms with Crippen LogP contribution < -0.4 is 10.1 Å². The number of nitrogens with one attached hydrogen (secondary N) is 1. The van der Waals surface area contributed by atoms with Gasteiger partial charge in [-0.3, -0.25) is 0 Å². The summed E-state index contributed by atoms with van der Waals surface area (Å²) in [5, 5.41) is 3.86. The summed E-state index contributed by atoms with van der Waals surface area (Å²) in [5.74, 6) is 0.402. The number of ether oxygens (including phenoxy) is 2. The Morgan fingerprint density at radius 3 is 2.23 bits per heavy atom. The average Bonchev–Trinajstić information content (AvgIpc) is 2.59. The fourth-order valence-electron chi connectivity index (χ4n) is 2.20. The molecular weight excluding hydrogens is 350 g/mol. The molecule has 5 heteroatoms. The summed E-state index contributed by atoms with van der Waals surface area (Å²) in [6, 6.07) is 14.1. The minimum Gasteiger partial charge on any atom is -0.497 e. The fraction of sp³-hybridized carbons (Fsp3) is 0.286. The van der Waals surface area contributed by atoms with Gasteiger partial charge in [-0.2, -0.15) is 0 Å². The van der Waals surface area contributed by atoms with Crippen molar-refractivity contribution in [2.75, 3.05) is 12.4 Å². The van der Waals surface area contributed by atoms with Gasteiger partial charge in [0.15, 0.2) is 0 Å². The van der Waals surface area contributed by atoms with Gasteiger partial charge in [-0.25, -0.2) is 4.79 Å². The predicted molar refractivity (Wildman–Crippen MR) is 107 cm³/mol. The second-order valence-corrected chi connectivity index (χ2v) is 7.23. The van der Waals surface area contributed by atoms with Gasteiger partial charge in [-0.1, -0.05) is 35.9 Å². The molecule has 138 valence electrons. The van der Waals surface area contributed by atoms with Gasteiger partial charge in [0.2, 0.25) is 0 Å². The third-order valence-electron chi connectivity index (χ3n) is 3.42. The Bertz CT molecular complexity index is 746. The second kappa shape index (κ2) is 8.77. The minimum absolute atomic E-state index is 0.349. The van der Waals surface area contributed by atoms with E-state index in [0.29, 0.717) is 5.02 Å². The van der Waals surface area contributed by atoms with Crippen molar-refractivity contribution in [3.63, 3.8) is 0 Å². The van der Waals surface area contributed by atoms with Crippen molar-refractivity contribution in [3.05, 3.63) is 65.2 Å². The first-order chi connectivity index (χ1) is 12.3. The highest BCUT2D eigenvalue weighted by atomic mass is 35.5. The van der Waals surface area contributed by atoms with E-state index < -0.39 is 11.6 Å². The van der Waals surface area contributed by atoms with E-state index in [4.69, 9.17) is 21.1 Å². The Hall–Kier alpha value is -2.46. The highest BCUT2D eigenvalue weighted by Crippen LogP contribution is 2.18. The van der Waals surface area contributed by atoms with E-state index in [1.807, 2.05) is 63.2 Å². The van der Waals surface area contributed by atoms with E-state index in [-0.39, 0.29) is 5.97 Å². The van der Waals surface area contributed by atoms with Crippen LogP contribution in [0.1, 0.15) is 26.3 Å². The molecule has 0 aliphatic rings. The van der Waals surface area contributed by atoms with Gasteiger partial charge in [0.1, 0.15) is 17.4 Å². The molecule has 0 heterocycles.